The highest BCUT2D eigenvalue weighted by Crippen LogP contribution is 2.20. The number of amides is 2. The first-order valence-electron chi connectivity index (χ1n) is 5.55. The number of nitrogens with zero attached hydrogens (tertiary/aromatic N) is 1. The van der Waals surface area contributed by atoms with E-state index in [1.54, 1.807) is 0 Å². The number of aliphatic carboxylic acids is 1. The van der Waals surface area contributed by atoms with Crippen LogP contribution in [0.25, 0.3) is 0 Å². The van der Waals surface area contributed by atoms with Gasteiger partial charge in [-0.2, -0.15) is 0 Å². The first-order valence-corrected chi connectivity index (χ1v) is 5.55. The van der Waals surface area contributed by atoms with Crippen molar-refractivity contribution >= 4 is 17.8 Å². The zero-order valence-corrected chi connectivity index (χ0v) is 9.87. The van der Waals surface area contributed by atoms with Crippen LogP contribution in [0.1, 0.15) is 12.8 Å². The fourth-order valence-electron chi connectivity index (χ4n) is 1.94. The van der Waals surface area contributed by atoms with Crippen molar-refractivity contribution in [1.29, 1.82) is 0 Å². The molecule has 1 heterocycles. The standard InChI is InChI=1S/C10H17N3O5/c11-8(14)4-13(5-9(12)15)3-6-1-2-7(18-6)10(16)17/h6-7H,1-5H2,(H2,11,14)(H2,12,15)(H,16,17). The van der Waals surface area contributed by atoms with Gasteiger partial charge in [0.15, 0.2) is 6.10 Å². The Hall–Kier alpha value is -1.67. The van der Waals surface area contributed by atoms with Crippen LogP contribution in [0.2, 0.25) is 0 Å². The SMILES string of the molecule is NC(=O)CN(CC(N)=O)CC1CCC(C(=O)O)O1. The van der Waals surface area contributed by atoms with Crippen molar-refractivity contribution < 1.29 is 24.2 Å². The molecule has 2 unspecified atom stereocenters. The summed E-state index contributed by atoms with van der Waals surface area (Å²) in [5.74, 6) is -2.16. The van der Waals surface area contributed by atoms with Crippen molar-refractivity contribution in [2.24, 2.45) is 11.5 Å². The lowest BCUT2D eigenvalue weighted by molar-refractivity contribution is -0.150. The molecule has 1 fully saturated rings. The van der Waals surface area contributed by atoms with Crippen molar-refractivity contribution in [3.05, 3.63) is 0 Å². The molecule has 2 atom stereocenters. The summed E-state index contributed by atoms with van der Waals surface area (Å²) in [6.45, 7) is 0.0384. The van der Waals surface area contributed by atoms with Crippen LogP contribution in [0.15, 0.2) is 0 Å². The molecule has 0 radical (unpaired) electrons. The lowest BCUT2D eigenvalue weighted by Crippen LogP contribution is -2.43. The minimum absolute atomic E-state index is 0.111. The lowest BCUT2D eigenvalue weighted by atomic mass is 10.2. The highest BCUT2D eigenvalue weighted by molar-refractivity contribution is 5.79. The van der Waals surface area contributed by atoms with Gasteiger partial charge in [0, 0.05) is 6.54 Å². The van der Waals surface area contributed by atoms with E-state index < -0.39 is 23.9 Å². The van der Waals surface area contributed by atoms with Gasteiger partial charge in [-0.05, 0) is 12.8 Å². The zero-order chi connectivity index (χ0) is 13.7. The molecule has 0 bridgehead atoms. The van der Waals surface area contributed by atoms with Gasteiger partial charge < -0.3 is 21.3 Å². The summed E-state index contributed by atoms with van der Waals surface area (Å²) >= 11 is 0. The summed E-state index contributed by atoms with van der Waals surface area (Å²) in [4.78, 5) is 33.8. The maximum Gasteiger partial charge on any atom is 0.332 e. The fourth-order valence-corrected chi connectivity index (χ4v) is 1.94. The topological polar surface area (TPSA) is 136 Å². The summed E-state index contributed by atoms with van der Waals surface area (Å²) in [6, 6.07) is 0. The van der Waals surface area contributed by atoms with Crippen LogP contribution in [0, 0.1) is 0 Å². The van der Waals surface area contributed by atoms with Crippen LogP contribution >= 0.6 is 0 Å². The Balaban J connectivity index is 2.48. The molecule has 0 saturated carbocycles. The van der Waals surface area contributed by atoms with E-state index in [2.05, 4.69) is 0 Å². The summed E-state index contributed by atoms with van der Waals surface area (Å²) in [5, 5.41) is 8.77. The third kappa shape index (κ3) is 4.68. The molecule has 102 valence electrons. The molecule has 2 amide bonds. The second kappa shape index (κ2) is 6.31. The Morgan fingerprint density at radius 2 is 1.72 bits per heavy atom. The quantitative estimate of drug-likeness (QED) is 0.478. The smallest absolute Gasteiger partial charge is 0.332 e. The average molecular weight is 259 g/mol. The number of rotatable bonds is 7. The van der Waals surface area contributed by atoms with E-state index in [1.807, 2.05) is 0 Å². The number of hydrogen-bond acceptors (Lipinski definition) is 5. The van der Waals surface area contributed by atoms with Gasteiger partial charge >= 0.3 is 5.97 Å². The Bertz CT molecular complexity index is 330. The lowest BCUT2D eigenvalue weighted by Gasteiger charge is -2.22. The summed E-state index contributed by atoms with van der Waals surface area (Å²) in [5.41, 5.74) is 10.1. The van der Waals surface area contributed by atoms with E-state index in [4.69, 9.17) is 21.3 Å². The third-order valence-corrected chi connectivity index (χ3v) is 2.60. The highest BCUT2D eigenvalue weighted by atomic mass is 16.5. The van der Waals surface area contributed by atoms with E-state index in [9.17, 15) is 14.4 Å². The summed E-state index contributed by atoms with van der Waals surface area (Å²) in [6.07, 6.45) is -0.171. The van der Waals surface area contributed by atoms with Gasteiger partial charge in [-0.15, -0.1) is 0 Å². The second-order valence-electron chi connectivity index (χ2n) is 4.26. The van der Waals surface area contributed by atoms with E-state index in [1.165, 1.54) is 4.90 Å². The molecule has 0 aromatic carbocycles. The number of carboxylic acids is 1. The molecule has 5 N–H and O–H groups in total. The average Bonchev–Trinajstić information content (AvgIpc) is 2.63. The number of carboxylic acid groups (broad SMARTS) is 1. The van der Waals surface area contributed by atoms with Crippen molar-refractivity contribution in [3.63, 3.8) is 0 Å². The highest BCUT2D eigenvalue weighted by Gasteiger charge is 2.31. The molecule has 0 aromatic heterocycles. The van der Waals surface area contributed by atoms with Gasteiger partial charge in [0.05, 0.1) is 19.2 Å². The van der Waals surface area contributed by atoms with Crippen molar-refractivity contribution in [2.45, 2.75) is 25.0 Å². The minimum atomic E-state index is -1.01. The maximum atomic E-state index is 10.8. The van der Waals surface area contributed by atoms with Crippen molar-refractivity contribution in [3.8, 4) is 0 Å². The van der Waals surface area contributed by atoms with E-state index >= 15 is 0 Å². The molecule has 18 heavy (non-hydrogen) atoms. The van der Waals surface area contributed by atoms with Crippen molar-refractivity contribution in [2.75, 3.05) is 19.6 Å². The number of carbonyl (C=O) groups is 3. The molecular weight excluding hydrogens is 242 g/mol. The monoisotopic (exact) mass is 259 g/mol. The number of primary amides is 2. The van der Waals surface area contributed by atoms with Crippen LogP contribution in [0.4, 0.5) is 0 Å². The molecule has 1 aliphatic rings. The van der Waals surface area contributed by atoms with E-state index in [0.717, 1.165) is 0 Å². The number of ether oxygens (including phenoxy) is 1. The number of carbonyl (C=O) groups excluding carboxylic acids is 2. The van der Waals surface area contributed by atoms with Crippen LogP contribution in [0.5, 0.6) is 0 Å². The van der Waals surface area contributed by atoms with Gasteiger partial charge in [0.25, 0.3) is 0 Å². The Labute approximate surface area is 104 Å². The Morgan fingerprint density at radius 1 is 1.17 bits per heavy atom. The normalized spacial score (nSPS) is 23.2. The molecule has 8 heteroatoms. The Kier molecular flexibility index (Phi) is 5.05. The first-order chi connectivity index (χ1) is 8.38. The molecule has 8 nitrogen and oxygen atoms in total. The maximum absolute atomic E-state index is 10.8. The van der Waals surface area contributed by atoms with Crippen molar-refractivity contribution in [1.82, 2.24) is 4.90 Å². The Morgan fingerprint density at radius 3 is 2.11 bits per heavy atom. The zero-order valence-electron chi connectivity index (χ0n) is 9.87. The van der Waals surface area contributed by atoms with Crippen LogP contribution in [-0.4, -0.2) is 59.6 Å². The van der Waals surface area contributed by atoms with E-state index in [0.29, 0.717) is 12.8 Å². The van der Waals surface area contributed by atoms with E-state index in [-0.39, 0.29) is 25.7 Å². The second-order valence-corrected chi connectivity index (χ2v) is 4.26. The molecule has 1 rings (SSSR count). The molecule has 0 aromatic rings. The molecule has 0 aliphatic carbocycles. The summed E-state index contributed by atoms with van der Waals surface area (Å²) < 4.78 is 5.27. The van der Waals surface area contributed by atoms with Crippen LogP contribution in [-0.2, 0) is 19.1 Å². The van der Waals surface area contributed by atoms with Crippen LogP contribution in [0.3, 0.4) is 0 Å². The number of hydrogen-bond donors (Lipinski definition) is 3. The third-order valence-electron chi connectivity index (χ3n) is 2.60. The largest absolute Gasteiger partial charge is 0.479 e. The predicted octanol–water partition coefficient (Wildman–Crippen LogP) is -2.11. The van der Waals surface area contributed by atoms with Gasteiger partial charge in [-0.1, -0.05) is 0 Å². The van der Waals surface area contributed by atoms with Gasteiger partial charge in [0.2, 0.25) is 11.8 Å². The minimum Gasteiger partial charge on any atom is -0.479 e. The predicted molar refractivity (Wildman–Crippen MR) is 60.4 cm³/mol. The van der Waals surface area contributed by atoms with Gasteiger partial charge in [0.1, 0.15) is 0 Å². The van der Waals surface area contributed by atoms with Gasteiger partial charge in [-0.25, -0.2) is 4.79 Å². The molecule has 0 spiro atoms. The molecule has 1 aliphatic heterocycles. The van der Waals surface area contributed by atoms with Crippen LogP contribution < -0.4 is 11.5 Å². The summed E-state index contributed by atoms with van der Waals surface area (Å²) in [7, 11) is 0. The number of nitrogens with two attached hydrogens (primary N) is 2. The van der Waals surface area contributed by atoms with Gasteiger partial charge in [-0.3, -0.25) is 14.5 Å². The molecular formula is C10H17N3O5. The first kappa shape index (κ1) is 14.4. The fraction of sp³-hybridized carbons (Fsp3) is 0.700. The molecule has 1 saturated heterocycles.